The van der Waals surface area contributed by atoms with Crippen LogP contribution in [0, 0.1) is 0 Å². The molecule has 0 bridgehead atoms. The van der Waals surface area contributed by atoms with Gasteiger partial charge in [0.15, 0.2) is 0 Å². The van der Waals surface area contributed by atoms with Crippen molar-refractivity contribution in [1.29, 1.82) is 0 Å². The average molecular weight is 328 g/mol. The molecular weight excluding hydrogens is 304 g/mol. The molecule has 1 aromatic heterocycles. The third-order valence-electron chi connectivity index (χ3n) is 4.89. The summed E-state index contributed by atoms with van der Waals surface area (Å²) in [7, 11) is 0. The van der Waals surface area contributed by atoms with E-state index in [0.717, 1.165) is 25.7 Å². The van der Waals surface area contributed by atoms with Crippen molar-refractivity contribution in [2.75, 3.05) is 39.3 Å². The predicted octanol–water partition coefficient (Wildman–Crippen LogP) is 2.29. The molecule has 2 aliphatic heterocycles. The second kappa shape index (κ2) is 7.09. The maximum absolute atomic E-state index is 4.65. The van der Waals surface area contributed by atoms with E-state index >= 15 is 0 Å². The van der Waals surface area contributed by atoms with Crippen LogP contribution in [-0.4, -0.2) is 60.1 Å². The van der Waals surface area contributed by atoms with Crippen molar-refractivity contribution in [3.05, 3.63) is 41.5 Å². The summed E-state index contributed by atoms with van der Waals surface area (Å²) in [6.07, 6.45) is 3.33. The zero-order valence-electron chi connectivity index (χ0n) is 13.4. The first-order valence-corrected chi connectivity index (χ1v) is 9.37. The van der Waals surface area contributed by atoms with Crippen LogP contribution in [0.4, 0.5) is 0 Å². The summed E-state index contributed by atoms with van der Waals surface area (Å²) in [6, 6.07) is 11.3. The highest BCUT2D eigenvalue weighted by Gasteiger charge is 2.28. The number of hydrogen-bond acceptors (Lipinski definition) is 5. The summed E-state index contributed by atoms with van der Waals surface area (Å²) in [4.78, 5) is 11.2. The number of hydrogen-bond donors (Lipinski definition) is 1. The Kier molecular flexibility index (Phi) is 4.71. The van der Waals surface area contributed by atoms with Gasteiger partial charge >= 0.3 is 0 Å². The van der Waals surface area contributed by atoms with E-state index in [0.29, 0.717) is 0 Å². The third kappa shape index (κ3) is 3.63. The highest BCUT2D eigenvalue weighted by Crippen LogP contribution is 2.27. The summed E-state index contributed by atoms with van der Waals surface area (Å²) < 4.78 is 0. The molecule has 1 atom stereocenters. The molecule has 1 aromatic carbocycles. The first-order valence-electron chi connectivity index (χ1n) is 8.56. The van der Waals surface area contributed by atoms with Gasteiger partial charge in [0.05, 0.1) is 11.4 Å². The maximum atomic E-state index is 4.65. The van der Waals surface area contributed by atoms with Crippen LogP contribution in [0.15, 0.2) is 36.5 Å². The van der Waals surface area contributed by atoms with Gasteiger partial charge in [0.1, 0.15) is 5.01 Å². The number of benzene rings is 1. The van der Waals surface area contributed by atoms with Gasteiger partial charge in [0.25, 0.3) is 0 Å². The van der Waals surface area contributed by atoms with Crippen molar-refractivity contribution in [2.24, 2.45) is 0 Å². The molecule has 2 aliphatic rings. The molecule has 0 amide bonds. The molecule has 5 heteroatoms. The molecule has 4 rings (SSSR count). The SMILES string of the molecule is c1ccc(-c2cnc(CN3CCC(N4CCNCC4)C3)s2)cc1. The monoisotopic (exact) mass is 328 g/mol. The fraction of sp³-hybridized carbons (Fsp3) is 0.500. The lowest BCUT2D eigenvalue weighted by molar-refractivity contribution is 0.170. The summed E-state index contributed by atoms with van der Waals surface area (Å²) in [5, 5.41) is 4.68. The summed E-state index contributed by atoms with van der Waals surface area (Å²) in [5.74, 6) is 0. The molecule has 1 N–H and O–H groups in total. The predicted molar refractivity (Wildman–Crippen MR) is 95.7 cm³/mol. The van der Waals surface area contributed by atoms with Gasteiger partial charge in [-0.3, -0.25) is 9.80 Å². The van der Waals surface area contributed by atoms with Gasteiger partial charge in [-0.25, -0.2) is 4.98 Å². The Morgan fingerprint density at radius 2 is 1.96 bits per heavy atom. The zero-order valence-corrected chi connectivity index (χ0v) is 14.3. The van der Waals surface area contributed by atoms with Crippen LogP contribution in [0.5, 0.6) is 0 Å². The topological polar surface area (TPSA) is 31.4 Å². The fourth-order valence-electron chi connectivity index (χ4n) is 3.61. The van der Waals surface area contributed by atoms with E-state index in [1.165, 1.54) is 48.0 Å². The Bertz CT molecular complexity index is 621. The van der Waals surface area contributed by atoms with Crippen molar-refractivity contribution in [3.8, 4) is 10.4 Å². The van der Waals surface area contributed by atoms with Crippen molar-refractivity contribution in [3.63, 3.8) is 0 Å². The van der Waals surface area contributed by atoms with E-state index in [2.05, 4.69) is 50.4 Å². The minimum absolute atomic E-state index is 0.741. The second-order valence-electron chi connectivity index (χ2n) is 6.45. The molecule has 1 unspecified atom stereocenters. The molecule has 2 aromatic rings. The van der Waals surface area contributed by atoms with E-state index in [1.807, 2.05) is 17.5 Å². The largest absolute Gasteiger partial charge is 0.314 e. The highest BCUT2D eigenvalue weighted by atomic mass is 32.1. The fourth-order valence-corrected chi connectivity index (χ4v) is 4.58. The van der Waals surface area contributed by atoms with Gasteiger partial charge < -0.3 is 5.32 Å². The molecule has 2 fully saturated rings. The quantitative estimate of drug-likeness (QED) is 0.933. The van der Waals surface area contributed by atoms with Crippen LogP contribution in [0.3, 0.4) is 0 Å². The molecular formula is C18H24N4S. The summed E-state index contributed by atoms with van der Waals surface area (Å²) in [5.41, 5.74) is 1.27. The lowest BCUT2D eigenvalue weighted by Crippen LogP contribution is -2.49. The van der Waals surface area contributed by atoms with E-state index in [-0.39, 0.29) is 0 Å². The van der Waals surface area contributed by atoms with Gasteiger partial charge in [0, 0.05) is 51.5 Å². The standard InChI is InChI=1S/C18H24N4S/c1-2-4-15(5-3-1)17-12-20-18(23-17)14-21-9-6-16(13-21)22-10-7-19-8-11-22/h1-5,12,16,19H,6-11,13-14H2. The van der Waals surface area contributed by atoms with Crippen molar-refractivity contribution in [2.45, 2.75) is 19.0 Å². The molecule has 0 spiro atoms. The molecule has 0 radical (unpaired) electrons. The van der Waals surface area contributed by atoms with Gasteiger partial charge in [-0.05, 0) is 12.0 Å². The Morgan fingerprint density at radius 1 is 1.13 bits per heavy atom. The van der Waals surface area contributed by atoms with Gasteiger partial charge in [-0.15, -0.1) is 11.3 Å². The molecule has 122 valence electrons. The van der Waals surface area contributed by atoms with E-state index < -0.39 is 0 Å². The number of aromatic nitrogens is 1. The van der Waals surface area contributed by atoms with Crippen molar-refractivity contribution >= 4 is 11.3 Å². The van der Waals surface area contributed by atoms with E-state index in [9.17, 15) is 0 Å². The first kappa shape index (κ1) is 15.3. The number of nitrogens with zero attached hydrogens (tertiary/aromatic N) is 3. The number of likely N-dealkylation sites (tertiary alicyclic amines) is 1. The number of nitrogens with one attached hydrogen (secondary N) is 1. The Hall–Kier alpha value is -1.27. The van der Waals surface area contributed by atoms with Crippen LogP contribution in [-0.2, 0) is 6.54 Å². The van der Waals surface area contributed by atoms with Gasteiger partial charge in [0.2, 0.25) is 0 Å². The smallest absolute Gasteiger partial charge is 0.107 e. The van der Waals surface area contributed by atoms with Crippen LogP contribution in [0.2, 0.25) is 0 Å². The van der Waals surface area contributed by atoms with Crippen LogP contribution >= 0.6 is 11.3 Å². The maximum Gasteiger partial charge on any atom is 0.107 e. The van der Waals surface area contributed by atoms with E-state index in [1.54, 1.807) is 0 Å². The summed E-state index contributed by atoms with van der Waals surface area (Å²) in [6.45, 7) is 8.09. The zero-order chi connectivity index (χ0) is 15.5. The lowest BCUT2D eigenvalue weighted by Gasteiger charge is -2.32. The van der Waals surface area contributed by atoms with Crippen LogP contribution in [0.25, 0.3) is 10.4 Å². The summed E-state index contributed by atoms with van der Waals surface area (Å²) >= 11 is 1.83. The Labute approximate surface area is 142 Å². The Balaban J connectivity index is 1.35. The molecule has 4 nitrogen and oxygen atoms in total. The third-order valence-corrected chi connectivity index (χ3v) is 5.92. The van der Waals surface area contributed by atoms with Crippen LogP contribution < -0.4 is 5.32 Å². The number of rotatable bonds is 4. The van der Waals surface area contributed by atoms with Gasteiger partial charge in [-0.1, -0.05) is 30.3 Å². The lowest BCUT2D eigenvalue weighted by atomic mass is 10.2. The molecule has 0 saturated carbocycles. The first-order chi connectivity index (χ1) is 11.4. The molecule has 0 aliphatic carbocycles. The van der Waals surface area contributed by atoms with Crippen molar-refractivity contribution in [1.82, 2.24) is 20.1 Å². The molecule has 23 heavy (non-hydrogen) atoms. The van der Waals surface area contributed by atoms with Crippen LogP contribution in [0.1, 0.15) is 11.4 Å². The minimum atomic E-state index is 0.741. The number of thiazole rings is 1. The normalized spacial score (nSPS) is 23.4. The molecule has 3 heterocycles. The number of piperazine rings is 1. The average Bonchev–Trinajstić information content (AvgIpc) is 3.27. The van der Waals surface area contributed by atoms with Gasteiger partial charge in [-0.2, -0.15) is 0 Å². The molecule has 2 saturated heterocycles. The van der Waals surface area contributed by atoms with E-state index in [4.69, 9.17) is 0 Å². The van der Waals surface area contributed by atoms with Crippen molar-refractivity contribution < 1.29 is 0 Å². The minimum Gasteiger partial charge on any atom is -0.314 e. The highest BCUT2D eigenvalue weighted by molar-refractivity contribution is 7.15. The second-order valence-corrected chi connectivity index (χ2v) is 7.56. The Morgan fingerprint density at radius 3 is 2.78 bits per heavy atom.